The summed E-state index contributed by atoms with van der Waals surface area (Å²) >= 11 is 0. The van der Waals surface area contributed by atoms with Crippen LogP contribution in [-0.2, 0) is 4.74 Å². The quantitative estimate of drug-likeness (QED) is 0.862. The summed E-state index contributed by atoms with van der Waals surface area (Å²) in [5.74, 6) is 0.535. The number of aliphatic hydroxyl groups is 1. The Morgan fingerprint density at radius 3 is 2.95 bits per heavy atom. The fourth-order valence-corrected chi connectivity index (χ4v) is 2.35. The first-order chi connectivity index (χ1) is 8.96. The van der Waals surface area contributed by atoms with E-state index in [0.29, 0.717) is 31.0 Å². The molecule has 0 saturated carbocycles. The molecule has 1 saturated heterocycles. The Morgan fingerprint density at radius 1 is 1.63 bits per heavy atom. The molecule has 1 fully saturated rings. The monoisotopic (exact) mass is 261 g/mol. The highest BCUT2D eigenvalue weighted by molar-refractivity contribution is 5.56. The molecule has 2 unspecified atom stereocenters. The molecule has 1 aliphatic heterocycles. The zero-order valence-electron chi connectivity index (χ0n) is 11.5. The fourth-order valence-electron chi connectivity index (χ4n) is 2.35. The Hall–Kier alpha value is -1.64. The van der Waals surface area contributed by atoms with Gasteiger partial charge >= 0.3 is 0 Å². The van der Waals surface area contributed by atoms with Gasteiger partial charge in [0.1, 0.15) is 17.5 Å². The minimum absolute atomic E-state index is 0.212. The van der Waals surface area contributed by atoms with Crippen LogP contribution in [0.2, 0.25) is 0 Å². The first kappa shape index (κ1) is 13.8. The molecular formula is C14H19N3O2. The second kappa shape index (κ2) is 5.16. The summed E-state index contributed by atoms with van der Waals surface area (Å²) in [7, 11) is 0. The Labute approximate surface area is 113 Å². The molecule has 1 aromatic rings. The molecule has 1 aromatic heterocycles. The van der Waals surface area contributed by atoms with Crippen molar-refractivity contribution in [3.63, 3.8) is 0 Å². The molecule has 0 amide bonds. The number of nitriles is 1. The third kappa shape index (κ3) is 2.70. The molecule has 0 bridgehead atoms. The van der Waals surface area contributed by atoms with Crippen molar-refractivity contribution in [1.82, 2.24) is 4.98 Å². The summed E-state index contributed by atoms with van der Waals surface area (Å²) in [6, 6.07) is 4.03. The predicted octanol–water partition coefficient (Wildman–Crippen LogP) is 1.52. The van der Waals surface area contributed by atoms with Crippen molar-refractivity contribution in [2.24, 2.45) is 0 Å². The Balaban J connectivity index is 2.18. The van der Waals surface area contributed by atoms with Gasteiger partial charge in [-0.15, -0.1) is 0 Å². The van der Waals surface area contributed by atoms with Crippen molar-refractivity contribution < 1.29 is 9.84 Å². The van der Waals surface area contributed by atoms with Crippen LogP contribution < -0.4 is 5.32 Å². The number of ether oxygens (including phenoxy) is 1. The Kier molecular flexibility index (Phi) is 3.74. The van der Waals surface area contributed by atoms with Gasteiger partial charge in [0.25, 0.3) is 0 Å². The van der Waals surface area contributed by atoms with Gasteiger partial charge in [0.2, 0.25) is 0 Å². The van der Waals surface area contributed by atoms with Gasteiger partial charge in [0.15, 0.2) is 0 Å². The number of rotatable bonds is 3. The van der Waals surface area contributed by atoms with E-state index < -0.39 is 5.60 Å². The van der Waals surface area contributed by atoms with Crippen LogP contribution >= 0.6 is 0 Å². The van der Waals surface area contributed by atoms with Gasteiger partial charge in [0.05, 0.1) is 11.7 Å². The number of hydrogen-bond acceptors (Lipinski definition) is 5. The minimum Gasteiger partial charge on any atom is -0.385 e. The summed E-state index contributed by atoms with van der Waals surface area (Å²) in [6.07, 6.45) is 0.379. The van der Waals surface area contributed by atoms with E-state index in [2.05, 4.69) is 16.4 Å². The third-order valence-electron chi connectivity index (χ3n) is 3.68. The van der Waals surface area contributed by atoms with Crippen LogP contribution in [0.25, 0.3) is 0 Å². The Morgan fingerprint density at radius 2 is 2.37 bits per heavy atom. The van der Waals surface area contributed by atoms with E-state index in [4.69, 9.17) is 4.74 Å². The number of hydrogen-bond donors (Lipinski definition) is 2. The molecule has 102 valence electrons. The molecule has 2 N–H and O–H groups in total. The van der Waals surface area contributed by atoms with Crippen molar-refractivity contribution in [3.05, 3.63) is 22.9 Å². The third-order valence-corrected chi connectivity index (χ3v) is 3.68. The lowest BCUT2D eigenvalue weighted by Crippen LogP contribution is -2.43. The lowest BCUT2D eigenvalue weighted by atomic mass is 9.96. The summed E-state index contributed by atoms with van der Waals surface area (Å²) in [5, 5.41) is 22.7. The molecule has 1 aliphatic rings. The van der Waals surface area contributed by atoms with Crippen LogP contribution in [0.15, 0.2) is 6.07 Å². The van der Waals surface area contributed by atoms with Crippen LogP contribution in [0.5, 0.6) is 0 Å². The lowest BCUT2D eigenvalue weighted by molar-refractivity contribution is -0.0176. The van der Waals surface area contributed by atoms with Gasteiger partial charge in [-0.3, -0.25) is 0 Å². The van der Waals surface area contributed by atoms with Gasteiger partial charge in [-0.25, -0.2) is 4.98 Å². The van der Waals surface area contributed by atoms with E-state index in [1.54, 1.807) is 0 Å². The smallest absolute Gasteiger partial charge is 0.144 e. The van der Waals surface area contributed by atoms with Gasteiger partial charge in [-0.05, 0) is 32.4 Å². The number of aryl methyl sites for hydroxylation is 2. The maximum absolute atomic E-state index is 10.4. The van der Waals surface area contributed by atoms with Gasteiger partial charge in [0, 0.05) is 25.3 Å². The Bertz CT molecular complexity index is 524. The summed E-state index contributed by atoms with van der Waals surface area (Å²) in [5.41, 5.74) is 1.37. The van der Waals surface area contributed by atoms with Crippen LogP contribution in [0.1, 0.15) is 30.2 Å². The molecule has 0 radical (unpaired) electrons. The van der Waals surface area contributed by atoms with Crippen LogP contribution in [0, 0.1) is 25.2 Å². The van der Waals surface area contributed by atoms with Crippen molar-refractivity contribution in [2.45, 2.75) is 38.9 Å². The summed E-state index contributed by atoms with van der Waals surface area (Å²) in [4.78, 5) is 4.34. The molecule has 0 aromatic carbocycles. The highest BCUT2D eigenvalue weighted by Crippen LogP contribution is 2.26. The zero-order valence-corrected chi connectivity index (χ0v) is 11.5. The average molecular weight is 261 g/mol. The maximum Gasteiger partial charge on any atom is 0.144 e. The molecule has 2 atom stereocenters. The maximum atomic E-state index is 10.4. The van der Waals surface area contributed by atoms with E-state index in [-0.39, 0.29) is 6.10 Å². The van der Waals surface area contributed by atoms with E-state index in [1.807, 2.05) is 26.8 Å². The van der Waals surface area contributed by atoms with E-state index >= 15 is 0 Å². The number of pyridine rings is 1. The summed E-state index contributed by atoms with van der Waals surface area (Å²) in [6.45, 7) is 6.52. The van der Waals surface area contributed by atoms with Gasteiger partial charge < -0.3 is 15.2 Å². The first-order valence-electron chi connectivity index (χ1n) is 6.42. The predicted molar refractivity (Wildman–Crippen MR) is 71.9 cm³/mol. The average Bonchev–Trinajstić information content (AvgIpc) is 2.67. The molecule has 5 nitrogen and oxygen atoms in total. The zero-order chi connectivity index (χ0) is 14.0. The molecule has 2 heterocycles. The molecule has 0 spiro atoms. The summed E-state index contributed by atoms with van der Waals surface area (Å²) < 4.78 is 5.39. The molecule has 5 heteroatoms. The fraction of sp³-hybridized carbons (Fsp3) is 0.571. The van der Waals surface area contributed by atoms with Crippen LogP contribution in [0.3, 0.4) is 0 Å². The molecule has 0 aliphatic carbocycles. The highest BCUT2D eigenvalue weighted by atomic mass is 16.5. The number of aromatic nitrogens is 1. The van der Waals surface area contributed by atoms with Crippen LogP contribution in [-0.4, -0.2) is 34.9 Å². The molecule has 2 rings (SSSR count). The standard InChI is InChI=1S/C14H19N3O2/c1-9-6-10(2)17-13(12(9)7-15)16-8-14(18)4-5-19-11(14)3/h6,11,18H,4-5,8H2,1-3H3,(H,16,17). The lowest BCUT2D eigenvalue weighted by Gasteiger charge is -2.26. The normalized spacial score (nSPS) is 26.2. The minimum atomic E-state index is -0.897. The largest absolute Gasteiger partial charge is 0.385 e. The van der Waals surface area contributed by atoms with Crippen LogP contribution in [0.4, 0.5) is 5.82 Å². The van der Waals surface area contributed by atoms with E-state index in [9.17, 15) is 10.4 Å². The molecule has 19 heavy (non-hydrogen) atoms. The second-order valence-electron chi connectivity index (χ2n) is 5.14. The van der Waals surface area contributed by atoms with Crippen molar-refractivity contribution in [1.29, 1.82) is 5.26 Å². The second-order valence-corrected chi connectivity index (χ2v) is 5.14. The van der Waals surface area contributed by atoms with Crippen molar-refractivity contribution in [2.75, 3.05) is 18.5 Å². The van der Waals surface area contributed by atoms with Gasteiger partial charge in [-0.1, -0.05) is 0 Å². The number of nitrogens with zero attached hydrogens (tertiary/aromatic N) is 2. The highest BCUT2D eigenvalue weighted by Gasteiger charge is 2.39. The molecular weight excluding hydrogens is 242 g/mol. The SMILES string of the molecule is Cc1cc(C)c(C#N)c(NCC2(O)CCOC2C)n1. The number of nitrogens with one attached hydrogen (secondary N) is 1. The topological polar surface area (TPSA) is 78.2 Å². The van der Waals surface area contributed by atoms with Crippen molar-refractivity contribution in [3.8, 4) is 6.07 Å². The van der Waals surface area contributed by atoms with Gasteiger partial charge in [-0.2, -0.15) is 5.26 Å². The first-order valence-corrected chi connectivity index (χ1v) is 6.42. The van der Waals surface area contributed by atoms with Crippen molar-refractivity contribution >= 4 is 5.82 Å². The van der Waals surface area contributed by atoms with E-state index in [1.165, 1.54) is 0 Å². The van der Waals surface area contributed by atoms with E-state index in [0.717, 1.165) is 11.3 Å². The number of anilines is 1.